The molecular weight excluding hydrogens is 200 g/mol. The zero-order valence-corrected chi connectivity index (χ0v) is 11.2. The van der Waals surface area contributed by atoms with Gasteiger partial charge in [0.15, 0.2) is 0 Å². The second kappa shape index (κ2) is 5.81. The smallest absolute Gasteiger partial charge is 0.120 e. The third-order valence-electron chi connectivity index (χ3n) is 4.35. The average molecular weight is 226 g/mol. The number of hydrogen-bond acceptors (Lipinski definition) is 2. The Balaban J connectivity index is 2.64. The van der Waals surface area contributed by atoms with Crippen molar-refractivity contribution in [2.75, 3.05) is 13.7 Å². The van der Waals surface area contributed by atoms with E-state index in [9.17, 15) is 4.79 Å². The fraction of sp³-hybridized carbons (Fsp3) is 0.929. The van der Waals surface area contributed by atoms with Gasteiger partial charge in [0.2, 0.25) is 0 Å². The highest BCUT2D eigenvalue weighted by Crippen LogP contribution is 2.47. The van der Waals surface area contributed by atoms with Gasteiger partial charge in [-0.2, -0.15) is 0 Å². The third-order valence-corrected chi connectivity index (χ3v) is 4.35. The van der Waals surface area contributed by atoms with E-state index in [-0.39, 0.29) is 0 Å². The number of rotatable bonds is 5. The molecule has 16 heavy (non-hydrogen) atoms. The van der Waals surface area contributed by atoms with Crippen molar-refractivity contribution in [2.24, 2.45) is 23.2 Å². The Labute approximate surface area is 99.8 Å². The van der Waals surface area contributed by atoms with E-state index in [4.69, 9.17) is 4.74 Å². The van der Waals surface area contributed by atoms with Gasteiger partial charge in [0.25, 0.3) is 0 Å². The molecule has 3 atom stereocenters. The molecule has 0 aliphatic heterocycles. The third kappa shape index (κ3) is 3.31. The summed E-state index contributed by atoms with van der Waals surface area (Å²) in [6, 6.07) is 0. The van der Waals surface area contributed by atoms with E-state index in [2.05, 4.69) is 20.8 Å². The maximum Gasteiger partial charge on any atom is 0.120 e. The van der Waals surface area contributed by atoms with Gasteiger partial charge in [-0.05, 0) is 42.4 Å². The maximum absolute atomic E-state index is 10.7. The van der Waals surface area contributed by atoms with Crippen molar-refractivity contribution >= 4 is 6.29 Å². The highest BCUT2D eigenvalue weighted by atomic mass is 16.5. The molecular formula is C14H26O2. The van der Waals surface area contributed by atoms with Crippen LogP contribution in [-0.4, -0.2) is 20.0 Å². The summed E-state index contributed by atoms with van der Waals surface area (Å²) in [5.41, 5.74) is 0.382. The summed E-state index contributed by atoms with van der Waals surface area (Å²) in [6.07, 6.45) is 5.52. The van der Waals surface area contributed by atoms with Crippen molar-refractivity contribution < 1.29 is 9.53 Å². The van der Waals surface area contributed by atoms with Crippen LogP contribution in [0.2, 0.25) is 0 Å². The van der Waals surface area contributed by atoms with E-state index in [0.717, 1.165) is 12.9 Å². The number of methoxy groups -OCH3 is 1. The molecule has 0 bridgehead atoms. The minimum atomic E-state index is 0.382. The Morgan fingerprint density at radius 2 is 2.19 bits per heavy atom. The molecule has 2 heteroatoms. The number of hydrogen-bond donors (Lipinski definition) is 0. The molecule has 0 unspecified atom stereocenters. The van der Waals surface area contributed by atoms with Crippen molar-refractivity contribution in [2.45, 2.75) is 46.5 Å². The Hall–Kier alpha value is -0.370. The summed E-state index contributed by atoms with van der Waals surface area (Å²) < 4.78 is 5.27. The Morgan fingerprint density at radius 1 is 1.50 bits per heavy atom. The molecule has 0 amide bonds. The molecule has 1 aliphatic rings. The van der Waals surface area contributed by atoms with Crippen molar-refractivity contribution in [1.82, 2.24) is 0 Å². The Bertz CT molecular complexity index is 223. The van der Waals surface area contributed by atoms with Crippen molar-refractivity contribution in [3.63, 3.8) is 0 Å². The molecule has 1 aliphatic carbocycles. The van der Waals surface area contributed by atoms with Crippen LogP contribution in [0.4, 0.5) is 0 Å². The van der Waals surface area contributed by atoms with Crippen molar-refractivity contribution in [3.8, 4) is 0 Å². The monoisotopic (exact) mass is 226 g/mol. The van der Waals surface area contributed by atoms with Gasteiger partial charge >= 0.3 is 0 Å². The summed E-state index contributed by atoms with van der Waals surface area (Å²) in [5, 5.41) is 0. The van der Waals surface area contributed by atoms with E-state index in [1.54, 1.807) is 7.11 Å². The number of carbonyl (C=O) groups excluding carboxylic acids is 1. The molecule has 0 spiro atoms. The predicted octanol–water partition coefficient (Wildman–Crippen LogP) is 3.30. The van der Waals surface area contributed by atoms with Crippen LogP contribution in [0.25, 0.3) is 0 Å². The lowest BCUT2D eigenvalue weighted by molar-refractivity contribution is -0.109. The number of ether oxygens (including phenoxy) is 1. The van der Waals surface area contributed by atoms with E-state index in [1.165, 1.54) is 19.3 Å². The quantitative estimate of drug-likeness (QED) is 0.672. The first-order chi connectivity index (χ1) is 7.51. The average Bonchev–Trinajstić information content (AvgIpc) is 2.21. The number of aldehydes is 1. The molecule has 94 valence electrons. The first-order valence-corrected chi connectivity index (χ1v) is 6.44. The Kier molecular flexibility index (Phi) is 4.97. The molecule has 0 aromatic heterocycles. The lowest BCUT2D eigenvalue weighted by Crippen LogP contribution is -2.37. The summed E-state index contributed by atoms with van der Waals surface area (Å²) in [7, 11) is 1.78. The van der Waals surface area contributed by atoms with Gasteiger partial charge in [-0.15, -0.1) is 0 Å². The van der Waals surface area contributed by atoms with Crippen LogP contribution < -0.4 is 0 Å². The minimum Gasteiger partial charge on any atom is -0.384 e. The van der Waals surface area contributed by atoms with Gasteiger partial charge < -0.3 is 9.53 Å². The van der Waals surface area contributed by atoms with Gasteiger partial charge in [0.1, 0.15) is 6.29 Å². The van der Waals surface area contributed by atoms with Gasteiger partial charge in [0.05, 0.1) is 0 Å². The first kappa shape index (κ1) is 13.7. The molecule has 2 nitrogen and oxygen atoms in total. The molecule has 1 saturated carbocycles. The Morgan fingerprint density at radius 3 is 2.75 bits per heavy atom. The number of carbonyl (C=O) groups is 1. The highest BCUT2D eigenvalue weighted by molar-refractivity contribution is 5.49. The molecule has 1 rings (SSSR count). The highest BCUT2D eigenvalue weighted by Gasteiger charge is 2.38. The summed E-state index contributed by atoms with van der Waals surface area (Å²) in [4.78, 5) is 10.7. The first-order valence-electron chi connectivity index (χ1n) is 6.44. The van der Waals surface area contributed by atoms with Gasteiger partial charge in [-0.3, -0.25) is 0 Å². The van der Waals surface area contributed by atoms with Crippen molar-refractivity contribution in [1.29, 1.82) is 0 Å². The van der Waals surface area contributed by atoms with Crippen molar-refractivity contribution in [3.05, 3.63) is 0 Å². The second-order valence-corrected chi connectivity index (χ2v) is 6.07. The van der Waals surface area contributed by atoms with Gasteiger partial charge in [-0.1, -0.05) is 20.8 Å². The fourth-order valence-corrected chi connectivity index (χ4v) is 3.26. The van der Waals surface area contributed by atoms with Gasteiger partial charge in [0, 0.05) is 20.1 Å². The summed E-state index contributed by atoms with van der Waals surface area (Å²) in [5.74, 6) is 1.86. The van der Waals surface area contributed by atoms with Gasteiger partial charge in [-0.25, -0.2) is 0 Å². The van der Waals surface area contributed by atoms with E-state index >= 15 is 0 Å². The lowest BCUT2D eigenvalue weighted by Gasteiger charge is -2.45. The SMILES string of the molecule is COC[C@H]1CCC(C)(C)[C@@H]([C@H](C)CC=O)C1. The predicted molar refractivity (Wildman–Crippen MR) is 66.3 cm³/mol. The van der Waals surface area contributed by atoms with E-state index in [1.807, 2.05) is 0 Å². The van der Waals surface area contributed by atoms with E-state index in [0.29, 0.717) is 29.6 Å². The topological polar surface area (TPSA) is 26.3 Å². The summed E-state index contributed by atoms with van der Waals surface area (Å²) in [6.45, 7) is 7.79. The molecule has 0 N–H and O–H groups in total. The van der Waals surface area contributed by atoms with E-state index < -0.39 is 0 Å². The zero-order chi connectivity index (χ0) is 12.2. The van der Waals surface area contributed by atoms with Crippen LogP contribution in [0.5, 0.6) is 0 Å². The lowest BCUT2D eigenvalue weighted by atomic mass is 9.61. The zero-order valence-electron chi connectivity index (χ0n) is 11.2. The molecule has 0 heterocycles. The normalized spacial score (nSPS) is 31.0. The van der Waals surface area contributed by atoms with Crippen LogP contribution in [0.15, 0.2) is 0 Å². The van der Waals surface area contributed by atoms with Crippen LogP contribution >= 0.6 is 0 Å². The molecule has 0 radical (unpaired) electrons. The standard InChI is InChI=1S/C14H26O2/c1-11(6-8-15)13-9-12(10-16-4)5-7-14(13,2)3/h8,11-13H,5-7,9-10H2,1-4H3/t11-,12+,13-/m1/s1. The van der Waals surface area contributed by atoms with Crippen LogP contribution in [0.1, 0.15) is 46.5 Å². The molecule has 1 fully saturated rings. The van der Waals surface area contributed by atoms with Crippen LogP contribution in [0, 0.1) is 23.2 Å². The molecule has 0 aromatic rings. The van der Waals surface area contributed by atoms with Crippen LogP contribution in [0.3, 0.4) is 0 Å². The van der Waals surface area contributed by atoms with Crippen LogP contribution in [-0.2, 0) is 9.53 Å². The largest absolute Gasteiger partial charge is 0.384 e. The second-order valence-electron chi connectivity index (χ2n) is 6.07. The molecule has 0 saturated heterocycles. The molecule has 0 aromatic carbocycles. The maximum atomic E-state index is 10.7. The fourth-order valence-electron chi connectivity index (χ4n) is 3.26. The summed E-state index contributed by atoms with van der Waals surface area (Å²) >= 11 is 0. The minimum absolute atomic E-state index is 0.382.